The molecule has 0 saturated heterocycles. The van der Waals surface area contributed by atoms with E-state index in [4.69, 9.17) is 34.1 Å². The molecule has 9 heteroatoms. The van der Waals surface area contributed by atoms with Gasteiger partial charge >= 0.3 is 5.97 Å². The van der Waals surface area contributed by atoms with E-state index in [-0.39, 0.29) is 12.3 Å². The highest BCUT2D eigenvalue weighted by molar-refractivity contribution is 6.59. The molecule has 0 aromatic heterocycles. The summed E-state index contributed by atoms with van der Waals surface area (Å²) in [4.78, 5) is 23.1. The SMILES string of the molecule is [B]C([B])([B])N(CC(=O)O)C(=N)NC(=O)CCCCCCCC. The third-order valence-electron chi connectivity index (χ3n) is 3.05. The van der Waals surface area contributed by atoms with Gasteiger partial charge in [0.2, 0.25) is 5.91 Å². The summed E-state index contributed by atoms with van der Waals surface area (Å²) in [5.74, 6) is -2.17. The number of aliphatic carboxylic acids is 1. The molecule has 0 rings (SSSR count). The van der Waals surface area contributed by atoms with E-state index >= 15 is 0 Å². The molecule has 0 aromatic rings. The van der Waals surface area contributed by atoms with Crippen molar-refractivity contribution in [2.24, 2.45) is 0 Å². The summed E-state index contributed by atoms with van der Waals surface area (Å²) in [6.07, 6.45) is 6.47. The topological polar surface area (TPSA) is 93.5 Å². The van der Waals surface area contributed by atoms with Crippen molar-refractivity contribution in [3.8, 4) is 0 Å². The van der Waals surface area contributed by atoms with Crippen LogP contribution in [0.15, 0.2) is 0 Å². The summed E-state index contributed by atoms with van der Waals surface area (Å²) < 4.78 is 0. The number of nitrogens with zero attached hydrogens (tertiary/aromatic N) is 1. The van der Waals surface area contributed by atoms with Gasteiger partial charge in [-0.25, -0.2) is 0 Å². The van der Waals surface area contributed by atoms with Gasteiger partial charge < -0.3 is 10.0 Å². The number of nitrogens with one attached hydrogen (secondary N) is 2. The number of amides is 1. The Balaban J connectivity index is 4.20. The Kier molecular flexibility index (Phi) is 9.69. The van der Waals surface area contributed by atoms with Crippen LogP contribution in [0.25, 0.3) is 0 Å². The summed E-state index contributed by atoms with van der Waals surface area (Å²) in [7, 11) is 16.2. The van der Waals surface area contributed by atoms with E-state index in [2.05, 4.69) is 12.2 Å². The Morgan fingerprint density at radius 1 is 1.14 bits per heavy atom. The third kappa shape index (κ3) is 9.52. The average molecular weight is 301 g/mol. The minimum atomic E-state index is -2.04. The number of carbonyl (C=O) groups is 2. The van der Waals surface area contributed by atoms with Crippen LogP contribution in [0.3, 0.4) is 0 Å². The lowest BCUT2D eigenvalue weighted by atomic mass is 9.48. The standard InChI is InChI=1S/C13H22B3N3O3/c1-2-3-4-5-6-7-8-10(20)18-12(17)19(9-11(21)22)13(14,15)16/h2-9H2,1H3,(H,21,22)(H2,17,18,20). The lowest BCUT2D eigenvalue weighted by molar-refractivity contribution is -0.137. The highest BCUT2D eigenvalue weighted by Gasteiger charge is 2.25. The van der Waals surface area contributed by atoms with Crippen LogP contribution >= 0.6 is 0 Å². The molecule has 0 aliphatic rings. The maximum absolute atomic E-state index is 11.7. The molecule has 0 bridgehead atoms. The Hall–Kier alpha value is -1.40. The monoisotopic (exact) mass is 301 g/mol. The van der Waals surface area contributed by atoms with Crippen molar-refractivity contribution in [1.29, 1.82) is 5.41 Å². The molecule has 0 fully saturated rings. The largest absolute Gasteiger partial charge is 0.480 e. The molecule has 0 aliphatic heterocycles. The maximum Gasteiger partial charge on any atom is 0.323 e. The third-order valence-corrected chi connectivity index (χ3v) is 3.05. The van der Waals surface area contributed by atoms with Gasteiger partial charge in [-0.05, 0) is 6.42 Å². The Labute approximate surface area is 136 Å². The van der Waals surface area contributed by atoms with Crippen LogP contribution < -0.4 is 5.32 Å². The zero-order chi connectivity index (χ0) is 17.2. The first-order chi connectivity index (χ1) is 10.2. The molecule has 0 unspecified atom stereocenters. The predicted molar refractivity (Wildman–Crippen MR) is 88.2 cm³/mol. The minimum absolute atomic E-state index is 0.252. The van der Waals surface area contributed by atoms with E-state index < -0.39 is 23.7 Å². The molecule has 0 atom stereocenters. The van der Waals surface area contributed by atoms with Gasteiger partial charge in [-0.2, -0.15) is 0 Å². The van der Waals surface area contributed by atoms with Gasteiger partial charge in [-0.15, -0.1) is 0 Å². The number of hydrogen-bond acceptors (Lipinski definition) is 3. The van der Waals surface area contributed by atoms with Crippen LogP contribution in [-0.2, 0) is 9.59 Å². The molecule has 116 valence electrons. The quantitative estimate of drug-likeness (QED) is 0.234. The zero-order valence-corrected chi connectivity index (χ0v) is 13.1. The highest BCUT2D eigenvalue weighted by Crippen LogP contribution is 2.07. The molecule has 0 aromatic carbocycles. The Bertz CT molecular complexity index is 386. The van der Waals surface area contributed by atoms with Crippen molar-refractivity contribution >= 4 is 41.4 Å². The highest BCUT2D eigenvalue weighted by atomic mass is 16.4. The van der Waals surface area contributed by atoms with Crippen molar-refractivity contribution in [3.05, 3.63) is 0 Å². The number of rotatable bonds is 10. The summed E-state index contributed by atoms with van der Waals surface area (Å²) in [6, 6.07) is 0. The Morgan fingerprint density at radius 2 is 1.68 bits per heavy atom. The van der Waals surface area contributed by atoms with Crippen molar-refractivity contribution in [2.45, 2.75) is 57.1 Å². The van der Waals surface area contributed by atoms with Gasteiger partial charge in [0, 0.05) is 6.42 Å². The first-order valence-electron chi connectivity index (χ1n) is 7.43. The number of carbonyl (C=O) groups excluding carboxylic acids is 1. The van der Waals surface area contributed by atoms with Gasteiger partial charge in [-0.1, -0.05) is 44.3 Å². The van der Waals surface area contributed by atoms with Crippen molar-refractivity contribution < 1.29 is 14.7 Å². The Morgan fingerprint density at radius 3 is 2.18 bits per heavy atom. The second-order valence-corrected chi connectivity index (χ2v) is 5.28. The second-order valence-electron chi connectivity index (χ2n) is 5.28. The molecule has 0 heterocycles. The van der Waals surface area contributed by atoms with Crippen LogP contribution in [0, 0.1) is 5.41 Å². The molecule has 0 saturated carbocycles. The average Bonchev–Trinajstić information content (AvgIpc) is 2.38. The zero-order valence-electron chi connectivity index (χ0n) is 13.1. The first kappa shape index (κ1) is 20.6. The number of carboxylic acid groups (broad SMARTS) is 1. The van der Waals surface area contributed by atoms with Crippen LogP contribution in [0.4, 0.5) is 0 Å². The fraction of sp³-hybridized carbons (Fsp3) is 0.769. The van der Waals surface area contributed by atoms with Gasteiger partial charge in [0.25, 0.3) is 0 Å². The lowest BCUT2D eigenvalue weighted by Crippen LogP contribution is -2.59. The fourth-order valence-corrected chi connectivity index (χ4v) is 1.87. The van der Waals surface area contributed by atoms with Crippen molar-refractivity contribution in [2.75, 3.05) is 6.54 Å². The van der Waals surface area contributed by atoms with E-state index in [0.29, 0.717) is 11.3 Å². The minimum Gasteiger partial charge on any atom is -0.480 e. The van der Waals surface area contributed by atoms with E-state index in [0.717, 1.165) is 25.7 Å². The number of unbranched alkanes of at least 4 members (excludes halogenated alkanes) is 5. The van der Waals surface area contributed by atoms with Gasteiger partial charge in [0.05, 0.1) is 23.5 Å². The smallest absolute Gasteiger partial charge is 0.323 e. The summed E-state index contributed by atoms with van der Waals surface area (Å²) >= 11 is 0. The number of guanidine groups is 1. The summed E-state index contributed by atoms with van der Waals surface area (Å²) in [5, 5.41) is 16.7. The predicted octanol–water partition coefficient (Wildman–Crippen LogP) is 0.291. The van der Waals surface area contributed by atoms with Crippen molar-refractivity contribution in [1.82, 2.24) is 10.2 Å². The van der Waals surface area contributed by atoms with E-state index in [1.807, 2.05) is 0 Å². The second kappa shape index (κ2) is 10.4. The molecule has 1 amide bonds. The van der Waals surface area contributed by atoms with Gasteiger partial charge in [0.15, 0.2) is 5.96 Å². The summed E-state index contributed by atoms with van der Waals surface area (Å²) in [6.45, 7) is 1.45. The van der Waals surface area contributed by atoms with Crippen molar-refractivity contribution in [3.63, 3.8) is 0 Å². The number of hydrogen-bond donors (Lipinski definition) is 3. The van der Waals surface area contributed by atoms with E-state index in [1.165, 1.54) is 6.42 Å². The fourth-order valence-electron chi connectivity index (χ4n) is 1.87. The van der Waals surface area contributed by atoms with Gasteiger partial charge in [0.1, 0.15) is 6.54 Å². The molecule has 6 radical (unpaired) electrons. The molecule has 0 spiro atoms. The van der Waals surface area contributed by atoms with Crippen LogP contribution in [0.1, 0.15) is 51.9 Å². The lowest BCUT2D eigenvalue weighted by Gasteiger charge is -2.37. The molecular formula is C13H22B3N3O3. The molecule has 6 nitrogen and oxygen atoms in total. The normalized spacial score (nSPS) is 11.0. The molecule has 0 aliphatic carbocycles. The van der Waals surface area contributed by atoms with E-state index in [9.17, 15) is 9.59 Å². The molecular weight excluding hydrogens is 279 g/mol. The summed E-state index contributed by atoms with van der Waals surface area (Å²) in [5.41, 5.74) is 0. The van der Waals surface area contributed by atoms with Crippen LogP contribution in [0.5, 0.6) is 0 Å². The number of carboxylic acids is 1. The molecule has 22 heavy (non-hydrogen) atoms. The first-order valence-corrected chi connectivity index (χ1v) is 7.43. The van der Waals surface area contributed by atoms with Gasteiger partial charge in [-0.3, -0.25) is 20.3 Å². The van der Waals surface area contributed by atoms with E-state index in [1.54, 1.807) is 0 Å². The molecule has 3 N–H and O–H groups in total. The van der Waals surface area contributed by atoms with Crippen LogP contribution in [0.2, 0.25) is 0 Å². The maximum atomic E-state index is 11.7. The van der Waals surface area contributed by atoms with Crippen LogP contribution in [-0.4, -0.2) is 63.2 Å².